The van der Waals surface area contributed by atoms with Gasteiger partial charge in [-0.15, -0.1) is 0 Å². The van der Waals surface area contributed by atoms with Crippen LogP contribution in [0.3, 0.4) is 0 Å². The van der Waals surface area contributed by atoms with Gasteiger partial charge >= 0.3 is 5.97 Å². The SMILES string of the molecule is CC(C)[C@@H](NC(=O)Cn1ccc2ccccc21)C(=O)O. The summed E-state index contributed by atoms with van der Waals surface area (Å²) in [4.78, 5) is 23.0. The highest BCUT2D eigenvalue weighted by Crippen LogP contribution is 2.14. The summed E-state index contributed by atoms with van der Waals surface area (Å²) >= 11 is 0. The Kier molecular flexibility index (Phi) is 4.08. The Hall–Kier alpha value is -2.30. The lowest BCUT2D eigenvalue weighted by molar-refractivity contribution is -0.143. The predicted molar refractivity (Wildman–Crippen MR) is 76.3 cm³/mol. The molecule has 0 spiro atoms. The van der Waals surface area contributed by atoms with E-state index in [-0.39, 0.29) is 18.4 Å². The summed E-state index contributed by atoms with van der Waals surface area (Å²) in [5.74, 6) is -1.46. The Morgan fingerprint density at radius 1 is 1.25 bits per heavy atom. The molecule has 0 saturated heterocycles. The average molecular weight is 274 g/mol. The molecule has 5 nitrogen and oxygen atoms in total. The number of hydrogen-bond donors (Lipinski definition) is 2. The van der Waals surface area contributed by atoms with Crippen molar-refractivity contribution in [2.45, 2.75) is 26.4 Å². The van der Waals surface area contributed by atoms with Crippen LogP contribution in [0.25, 0.3) is 10.9 Å². The molecule has 2 aromatic rings. The molecule has 2 rings (SSSR count). The van der Waals surface area contributed by atoms with E-state index in [1.54, 1.807) is 13.8 Å². The van der Waals surface area contributed by atoms with Crippen LogP contribution in [0.2, 0.25) is 0 Å². The highest BCUT2D eigenvalue weighted by molar-refractivity contribution is 5.86. The molecule has 5 heteroatoms. The Morgan fingerprint density at radius 3 is 2.60 bits per heavy atom. The smallest absolute Gasteiger partial charge is 0.326 e. The van der Waals surface area contributed by atoms with E-state index in [0.29, 0.717) is 0 Å². The van der Waals surface area contributed by atoms with Gasteiger partial charge in [0.25, 0.3) is 0 Å². The second kappa shape index (κ2) is 5.77. The van der Waals surface area contributed by atoms with E-state index in [1.165, 1.54) is 0 Å². The van der Waals surface area contributed by atoms with E-state index in [9.17, 15) is 9.59 Å². The fourth-order valence-electron chi connectivity index (χ4n) is 2.17. The number of nitrogens with one attached hydrogen (secondary N) is 1. The van der Waals surface area contributed by atoms with Crippen molar-refractivity contribution >= 4 is 22.8 Å². The first-order chi connectivity index (χ1) is 9.49. The average Bonchev–Trinajstić information content (AvgIpc) is 2.79. The molecular weight excluding hydrogens is 256 g/mol. The van der Waals surface area contributed by atoms with Crippen molar-refractivity contribution in [1.82, 2.24) is 9.88 Å². The van der Waals surface area contributed by atoms with Gasteiger partial charge in [-0.3, -0.25) is 4.79 Å². The zero-order chi connectivity index (χ0) is 14.7. The summed E-state index contributed by atoms with van der Waals surface area (Å²) in [5.41, 5.74) is 0.957. The normalized spacial score (nSPS) is 12.6. The third-order valence-electron chi connectivity index (χ3n) is 3.24. The Labute approximate surface area is 117 Å². The number of para-hydroxylation sites is 1. The van der Waals surface area contributed by atoms with E-state index in [1.807, 2.05) is 41.1 Å². The first-order valence-corrected chi connectivity index (χ1v) is 6.55. The van der Waals surface area contributed by atoms with Gasteiger partial charge in [-0.1, -0.05) is 32.0 Å². The zero-order valence-electron chi connectivity index (χ0n) is 11.5. The quantitative estimate of drug-likeness (QED) is 0.874. The number of nitrogens with zero attached hydrogens (tertiary/aromatic N) is 1. The van der Waals surface area contributed by atoms with Crippen molar-refractivity contribution in [1.29, 1.82) is 0 Å². The second-order valence-electron chi connectivity index (χ2n) is 5.13. The van der Waals surface area contributed by atoms with Crippen LogP contribution in [-0.2, 0) is 16.1 Å². The van der Waals surface area contributed by atoms with Gasteiger partial charge in [-0.2, -0.15) is 0 Å². The molecule has 0 fully saturated rings. The molecule has 0 radical (unpaired) electrons. The highest BCUT2D eigenvalue weighted by Gasteiger charge is 2.23. The monoisotopic (exact) mass is 274 g/mol. The number of carbonyl (C=O) groups is 2. The Balaban J connectivity index is 2.10. The molecule has 0 bridgehead atoms. The van der Waals surface area contributed by atoms with Gasteiger partial charge in [-0.25, -0.2) is 4.79 Å². The molecule has 2 N–H and O–H groups in total. The molecule has 1 aromatic heterocycles. The summed E-state index contributed by atoms with van der Waals surface area (Å²) in [7, 11) is 0. The second-order valence-corrected chi connectivity index (χ2v) is 5.13. The van der Waals surface area contributed by atoms with Crippen molar-refractivity contribution in [3.05, 3.63) is 36.5 Å². The standard InChI is InChI=1S/C15H18N2O3/c1-10(2)14(15(19)20)16-13(18)9-17-8-7-11-5-3-4-6-12(11)17/h3-8,10,14H,9H2,1-2H3,(H,16,18)(H,19,20)/t14-/m1/s1. The van der Waals surface area contributed by atoms with Crippen LogP contribution < -0.4 is 5.32 Å². The van der Waals surface area contributed by atoms with E-state index >= 15 is 0 Å². The number of fused-ring (bicyclic) bond motifs is 1. The first-order valence-electron chi connectivity index (χ1n) is 6.55. The summed E-state index contributed by atoms with van der Waals surface area (Å²) < 4.78 is 1.81. The summed E-state index contributed by atoms with van der Waals surface area (Å²) in [6.07, 6.45) is 1.83. The van der Waals surface area contributed by atoms with Crippen molar-refractivity contribution in [2.24, 2.45) is 5.92 Å². The summed E-state index contributed by atoms with van der Waals surface area (Å²) in [5, 5.41) is 12.7. The van der Waals surface area contributed by atoms with E-state index < -0.39 is 12.0 Å². The summed E-state index contributed by atoms with van der Waals surface area (Å²) in [6, 6.07) is 8.82. The molecule has 1 amide bonds. The predicted octanol–water partition coefficient (Wildman–Crippen LogP) is 1.87. The van der Waals surface area contributed by atoms with Crippen molar-refractivity contribution in [2.75, 3.05) is 0 Å². The van der Waals surface area contributed by atoms with Crippen LogP contribution >= 0.6 is 0 Å². The maximum absolute atomic E-state index is 12.0. The first kappa shape index (κ1) is 14.1. The van der Waals surface area contributed by atoms with Gasteiger partial charge in [0.1, 0.15) is 12.6 Å². The minimum atomic E-state index is -1.01. The number of carbonyl (C=O) groups excluding carboxylic acids is 1. The van der Waals surface area contributed by atoms with E-state index in [2.05, 4.69) is 5.32 Å². The molecule has 0 saturated carbocycles. The molecule has 0 aliphatic carbocycles. The van der Waals surface area contributed by atoms with E-state index in [4.69, 9.17) is 5.11 Å². The number of carboxylic acids is 1. The van der Waals surface area contributed by atoms with Crippen molar-refractivity contribution in [3.8, 4) is 0 Å². The van der Waals surface area contributed by atoms with Crippen molar-refractivity contribution in [3.63, 3.8) is 0 Å². The lowest BCUT2D eigenvalue weighted by Crippen LogP contribution is -2.45. The number of benzene rings is 1. The fourth-order valence-corrected chi connectivity index (χ4v) is 2.17. The molecule has 0 unspecified atom stereocenters. The van der Waals surface area contributed by atoms with Crippen LogP contribution in [0.1, 0.15) is 13.8 Å². The molecule has 0 aliphatic heterocycles. The van der Waals surface area contributed by atoms with Crippen LogP contribution in [0.15, 0.2) is 36.5 Å². The number of hydrogen-bond acceptors (Lipinski definition) is 2. The zero-order valence-corrected chi connectivity index (χ0v) is 11.5. The van der Waals surface area contributed by atoms with Crippen molar-refractivity contribution < 1.29 is 14.7 Å². The lowest BCUT2D eigenvalue weighted by Gasteiger charge is -2.18. The summed E-state index contributed by atoms with van der Waals surface area (Å²) in [6.45, 7) is 3.65. The Bertz CT molecular complexity index is 631. The minimum absolute atomic E-state index is 0.115. The number of amides is 1. The topological polar surface area (TPSA) is 71.3 Å². The molecule has 20 heavy (non-hydrogen) atoms. The third-order valence-corrected chi connectivity index (χ3v) is 3.24. The highest BCUT2D eigenvalue weighted by atomic mass is 16.4. The third kappa shape index (κ3) is 2.99. The van der Waals surface area contributed by atoms with Gasteiger partial charge < -0.3 is 15.0 Å². The van der Waals surface area contributed by atoms with E-state index in [0.717, 1.165) is 10.9 Å². The largest absolute Gasteiger partial charge is 0.480 e. The Morgan fingerprint density at radius 2 is 1.95 bits per heavy atom. The molecule has 106 valence electrons. The van der Waals surface area contributed by atoms with Gasteiger partial charge in [0.2, 0.25) is 5.91 Å². The molecular formula is C15H18N2O3. The van der Waals surface area contributed by atoms with Crippen LogP contribution in [-0.4, -0.2) is 27.6 Å². The molecule has 0 aliphatic rings. The molecule has 1 atom stereocenters. The molecule has 1 heterocycles. The van der Waals surface area contributed by atoms with Crippen LogP contribution in [0.4, 0.5) is 0 Å². The number of rotatable bonds is 5. The maximum atomic E-state index is 12.0. The molecule has 1 aromatic carbocycles. The van der Waals surface area contributed by atoms with Crippen LogP contribution in [0, 0.1) is 5.92 Å². The lowest BCUT2D eigenvalue weighted by atomic mass is 10.1. The number of aromatic nitrogens is 1. The van der Waals surface area contributed by atoms with Gasteiger partial charge in [0.15, 0.2) is 0 Å². The fraction of sp³-hybridized carbons (Fsp3) is 0.333. The minimum Gasteiger partial charge on any atom is -0.480 e. The van der Waals surface area contributed by atoms with Gasteiger partial charge in [0, 0.05) is 11.7 Å². The van der Waals surface area contributed by atoms with Crippen LogP contribution in [0.5, 0.6) is 0 Å². The van der Waals surface area contributed by atoms with Gasteiger partial charge in [-0.05, 0) is 23.4 Å². The number of aliphatic carboxylic acids is 1. The maximum Gasteiger partial charge on any atom is 0.326 e. The van der Waals surface area contributed by atoms with Gasteiger partial charge in [0.05, 0.1) is 0 Å². The number of carboxylic acid groups (broad SMARTS) is 1.